The van der Waals surface area contributed by atoms with E-state index in [0.717, 1.165) is 24.8 Å². The number of rotatable bonds is 2. The maximum atomic E-state index is 12.3. The average molecular weight is 281 g/mol. The third-order valence-electron chi connectivity index (χ3n) is 4.87. The van der Waals surface area contributed by atoms with Crippen molar-refractivity contribution < 1.29 is 13.5 Å². The fourth-order valence-electron chi connectivity index (χ4n) is 3.79. The Balaban J connectivity index is 2.13. The van der Waals surface area contributed by atoms with Gasteiger partial charge < -0.3 is 10.8 Å². The average Bonchev–Trinajstić information content (AvgIpc) is 2.90. The lowest BCUT2D eigenvalue weighted by Gasteiger charge is -2.37. The van der Waals surface area contributed by atoms with Crippen LogP contribution in [0.3, 0.4) is 0 Å². The first kappa shape index (κ1) is 13.1. The number of sulfone groups is 1. The molecular formula is C14H19NO3S. The van der Waals surface area contributed by atoms with Gasteiger partial charge in [-0.3, -0.25) is 0 Å². The van der Waals surface area contributed by atoms with Gasteiger partial charge in [-0.15, -0.1) is 0 Å². The molecule has 1 saturated carbocycles. The lowest BCUT2D eigenvalue weighted by molar-refractivity contribution is 0.0424. The van der Waals surface area contributed by atoms with Gasteiger partial charge in [-0.2, -0.15) is 0 Å². The zero-order valence-corrected chi connectivity index (χ0v) is 11.6. The molecule has 1 aliphatic heterocycles. The van der Waals surface area contributed by atoms with Gasteiger partial charge in [0.15, 0.2) is 9.84 Å². The molecule has 3 rings (SSSR count). The van der Waals surface area contributed by atoms with E-state index in [1.807, 2.05) is 12.1 Å². The highest BCUT2D eigenvalue weighted by molar-refractivity contribution is 7.91. The smallest absolute Gasteiger partial charge is 0.179 e. The van der Waals surface area contributed by atoms with Crippen LogP contribution in [0, 0.1) is 5.41 Å². The third-order valence-corrected chi connectivity index (χ3v) is 6.69. The zero-order valence-electron chi connectivity index (χ0n) is 10.7. The summed E-state index contributed by atoms with van der Waals surface area (Å²) in [6.45, 7) is 0.336. The highest BCUT2D eigenvalue weighted by Crippen LogP contribution is 2.53. The predicted molar refractivity (Wildman–Crippen MR) is 72.6 cm³/mol. The third kappa shape index (κ3) is 1.75. The first-order chi connectivity index (χ1) is 9.01. The molecule has 0 amide bonds. The summed E-state index contributed by atoms with van der Waals surface area (Å²) in [7, 11) is -3.23. The molecule has 19 heavy (non-hydrogen) atoms. The van der Waals surface area contributed by atoms with Gasteiger partial charge in [0.25, 0.3) is 0 Å². The van der Waals surface area contributed by atoms with Gasteiger partial charge in [0, 0.05) is 17.9 Å². The van der Waals surface area contributed by atoms with Crippen molar-refractivity contribution in [2.45, 2.75) is 36.2 Å². The lowest BCUT2D eigenvalue weighted by Crippen LogP contribution is -2.43. The molecule has 0 bridgehead atoms. The van der Waals surface area contributed by atoms with Crippen LogP contribution in [0.1, 0.15) is 30.7 Å². The Hall–Kier alpha value is -0.910. The molecule has 0 radical (unpaired) electrons. The summed E-state index contributed by atoms with van der Waals surface area (Å²) in [6, 6.07) is 7.14. The Bertz CT molecular complexity index is 598. The molecule has 1 aromatic carbocycles. The number of aliphatic hydroxyl groups is 1. The van der Waals surface area contributed by atoms with E-state index >= 15 is 0 Å². The van der Waals surface area contributed by atoms with E-state index in [9.17, 15) is 13.5 Å². The van der Waals surface area contributed by atoms with Crippen LogP contribution < -0.4 is 5.73 Å². The molecule has 2 aliphatic rings. The molecule has 3 unspecified atom stereocenters. The molecule has 1 heterocycles. The zero-order chi connectivity index (χ0) is 13.7. The molecule has 3 atom stereocenters. The fourth-order valence-corrected chi connectivity index (χ4v) is 5.78. The normalized spacial score (nSPS) is 36.3. The summed E-state index contributed by atoms with van der Waals surface area (Å²) < 4.78 is 24.5. The second kappa shape index (κ2) is 4.30. The number of nitrogens with two attached hydrogens (primary N) is 1. The summed E-state index contributed by atoms with van der Waals surface area (Å²) in [5, 5.41) is 10.3. The molecule has 0 saturated heterocycles. The molecule has 0 aromatic heterocycles. The SMILES string of the molecule is NCC1(C2CS(=O)(=O)c3ccccc32)CCCC1O. The van der Waals surface area contributed by atoms with E-state index in [2.05, 4.69) is 0 Å². The standard InChI is InChI=1S/C14H19NO3S/c15-9-14(7-3-6-13(14)16)11-8-19(17,18)12-5-2-1-4-10(11)12/h1-2,4-5,11,13,16H,3,6-9,15H2. The van der Waals surface area contributed by atoms with Crippen LogP contribution >= 0.6 is 0 Å². The molecule has 4 nitrogen and oxygen atoms in total. The van der Waals surface area contributed by atoms with Crippen molar-refractivity contribution in [3.05, 3.63) is 29.8 Å². The van der Waals surface area contributed by atoms with Crippen molar-refractivity contribution in [3.8, 4) is 0 Å². The van der Waals surface area contributed by atoms with Gasteiger partial charge in [-0.1, -0.05) is 24.6 Å². The molecule has 1 aromatic rings. The summed E-state index contributed by atoms with van der Waals surface area (Å²) in [5.74, 6) is -0.0863. The number of aliphatic hydroxyl groups excluding tert-OH is 1. The van der Waals surface area contributed by atoms with Gasteiger partial charge in [0.1, 0.15) is 0 Å². The van der Waals surface area contributed by atoms with Gasteiger partial charge in [-0.05, 0) is 24.5 Å². The maximum absolute atomic E-state index is 12.3. The number of hydrogen-bond donors (Lipinski definition) is 2. The molecule has 104 valence electrons. The summed E-state index contributed by atoms with van der Waals surface area (Å²) in [6.07, 6.45) is 1.94. The molecular weight excluding hydrogens is 262 g/mol. The molecule has 1 aliphatic carbocycles. The minimum atomic E-state index is -3.23. The van der Waals surface area contributed by atoms with Gasteiger partial charge in [0.05, 0.1) is 16.8 Å². The largest absolute Gasteiger partial charge is 0.392 e. The van der Waals surface area contributed by atoms with Gasteiger partial charge in [0.2, 0.25) is 0 Å². The Kier molecular flexibility index (Phi) is 2.96. The molecule has 0 spiro atoms. The van der Waals surface area contributed by atoms with Crippen LogP contribution in [0.5, 0.6) is 0 Å². The summed E-state index contributed by atoms with van der Waals surface area (Å²) in [5.41, 5.74) is 6.30. The number of benzene rings is 1. The van der Waals surface area contributed by atoms with Crippen molar-refractivity contribution >= 4 is 9.84 Å². The van der Waals surface area contributed by atoms with Crippen LogP contribution in [0.2, 0.25) is 0 Å². The highest BCUT2D eigenvalue weighted by atomic mass is 32.2. The van der Waals surface area contributed by atoms with Crippen LogP contribution in [0.15, 0.2) is 29.2 Å². The Labute approximate surface area is 113 Å². The van der Waals surface area contributed by atoms with Crippen molar-refractivity contribution in [1.29, 1.82) is 0 Å². The Morgan fingerprint density at radius 2 is 2.11 bits per heavy atom. The van der Waals surface area contributed by atoms with Crippen molar-refractivity contribution in [2.75, 3.05) is 12.3 Å². The van der Waals surface area contributed by atoms with Crippen LogP contribution in [0.25, 0.3) is 0 Å². The number of hydrogen-bond acceptors (Lipinski definition) is 4. The van der Waals surface area contributed by atoms with E-state index in [1.54, 1.807) is 12.1 Å². The van der Waals surface area contributed by atoms with Crippen molar-refractivity contribution in [1.82, 2.24) is 0 Å². The topological polar surface area (TPSA) is 80.4 Å². The van der Waals surface area contributed by atoms with Gasteiger partial charge in [-0.25, -0.2) is 8.42 Å². The van der Waals surface area contributed by atoms with E-state index in [1.165, 1.54) is 0 Å². The minimum absolute atomic E-state index is 0.0839. The van der Waals surface area contributed by atoms with Crippen molar-refractivity contribution in [3.63, 3.8) is 0 Å². The van der Waals surface area contributed by atoms with Crippen molar-refractivity contribution in [2.24, 2.45) is 11.1 Å². The fraction of sp³-hybridized carbons (Fsp3) is 0.571. The Morgan fingerprint density at radius 3 is 2.74 bits per heavy atom. The second-order valence-corrected chi connectivity index (χ2v) is 7.72. The van der Waals surface area contributed by atoms with E-state index in [-0.39, 0.29) is 11.7 Å². The van der Waals surface area contributed by atoms with Crippen LogP contribution in [0.4, 0.5) is 0 Å². The summed E-state index contributed by atoms with van der Waals surface area (Å²) >= 11 is 0. The molecule has 3 N–H and O–H groups in total. The highest BCUT2D eigenvalue weighted by Gasteiger charge is 2.52. The van der Waals surface area contributed by atoms with Gasteiger partial charge >= 0.3 is 0 Å². The first-order valence-electron chi connectivity index (χ1n) is 6.71. The molecule has 5 heteroatoms. The van der Waals surface area contributed by atoms with Crippen LogP contribution in [-0.2, 0) is 9.84 Å². The van der Waals surface area contributed by atoms with Crippen LogP contribution in [-0.4, -0.2) is 31.9 Å². The quantitative estimate of drug-likeness (QED) is 0.849. The number of fused-ring (bicyclic) bond motifs is 1. The lowest BCUT2D eigenvalue weighted by atomic mass is 9.70. The first-order valence-corrected chi connectivity index (χ1v) is 8.36. The monoisotopic (exact) mass is 281 g/mol. The second-order valence-electron chi connectivity index (χ2n) is 5.72. The molecule has 1 fully saturated rings. The predicted octanol–water partition coefficient (Wildman–Crippen LogP) is 1.05. The van der Waals surface area contributed by atoms with E-state index in [4.69, 9.17) is 5.73 Å². The Morgan fingerprint density at radius 1 is 1.37 bits per heavy atom. The maximum Gasteiger partial charge on any atom is 0.179 e. The van der Waals surface area contributed by atoms with E-state index in [0.29, 0.717) is 11.4 Å². The summed E-state index contributed by atoms with van der Waals surface area (Å²) in [4.78, 5) is 0.423. The van der Waals surface area contributed by atoms with E-state index < -0.39 is 21.4 Å². The minimum Gasteiger partial charge on any atom is -0.392 e.